The largest absolute Gasteiger partial charge is 0.481 e. The summed E-state index contributed by atoms with van der Waals surface area (Å²) < 4.78 is 60.2. The minimum absolute atomic E-state index is 0.00780. The zero-order valence-electron chi connectivity index (χ0n) is 64.5. The predicted octanol–water partition coefficient (Wildman–Crippen LogP) is 19.8. The van der Waals surface area contributed by atoms with Crippen LogP contribution < -0.4 is 0 Å². The number of amides is 2. The number of hydrogen-bond acceptors (Lipinski definition) is 15. The second kappa shape index (κ2) is 77.3. The van der Waals surface area contributed by atoms with Crippen LogP contribution in [0.1, 0.15) is 336 Å². The molecule has 0 saturated carbocycles. The molecule has 0 aliphatic rings. The van der Waals surface area contributed by atoms with Crippen LogP contribution in [0, 0.1) is 0 Å². The first-order valence-corrected chi connectivity index (χ1v) is 42.0. The second-order valence-corrected chi connectivity index (χ2v) is 29.5. The molecular weight excluding hydrogens is 1310 g/mol. The molecule has 1 N–H and O–H groups in total. The number of thioether (sulfide) groups is 2. The SMILES string of the molecule is CCCCCCCCCCCCCC(=O)OCCN(CCOC(=O)CCCCCCCCCCCCC)C(=O)C(F)(F)F.CCCCCCCCCCCCCC(=O)OCCN(CCOC(=O)CCCCCCCCCCCCC)C(=O)CSCCN(C)C.CN(C)CCSCC(=O)O. The van der Waals surface area contributed by atoms with Crippen molar-refractivity contribution in [1.29, 1.82) is 0 Å². The highest BCUT2D eigenvalue weighted by molar-refractivity contribution is 8.00. The fourth-order valence-corrected chi connectivity index (χ4v) is 12.7. The fraction of sp³-hybridized carbons (Fsp3) is 0.910. The molecule has 0 aliphatic carbocycles. The van der Waals surface area contributed by atoms with E-state index in [9.17, 15) is 46.7 Å². The van der Waals surface area contributed by atoms with Gasteiger partial charge in [0.15, 0.2) is 0 Å². The van der Waals surface area contributed by atoms with Gasteiger partial charge >= 0.3 is 41.9 Å². The lowest BCUT2D eigenvalue weighted by Crippen LogP contribution is -2.44. The fourth-order valence-electron chi connectivity index (χ4n) is 10.9. The van der Waals surface area contributed by atoms with Gasteiger partial charge in [0.2, 0.25) is 5.91 Å². The average molecular weight is 1460 g/mol. The molecule has 99 heavy (non-hydrogen) atoms. The van der Waals surface area contributed by atoms with Crippen LogP contribution >= 0.6 is 23.5 Å². The lowest BCUT2D eigenvalue weighted by atomic mass is 10.1. The number of rotatable bonds is 70. The number of carbonyl (C=O) groups is 7. The Hall–Kier alpha value is -3.30. The van der Waals surface area contributed by atoms with E-state index in [1.54, 1.807) is 16.7 Å². The van der Waals surface area contributed by atoms with Crippen molar-refractivity contribution < 1.29 is 70.8 Å². The molecule has 0 atom stereocenters. The van der Waals surface area contributed by atoms with Crippen LogP contribution in [0.5, 0.6) is 0 Å². The normalized spacial score (nSPS) is 11.2. The minimum atomic E-state index is -5.06. The first-order chi connectivity index (χ1) is 47.7. The zero-order valence-corrected chi connectivity index (χ0v) is 66.2. The van der Waals surface area contributed by atoms with Crippen LogP contribution in [0.2, 0.25) is 0 Å². The van der Waals surface area contributed by atoms with Gasteiger partial charge in [-0.05, 0) is 53.9 Å². The molecule has 0 fully saturated rings. The van der Waals surface area contributed by atoms with E-state index in [0.29, 0.717) is 49.4 Å². The quantitative estimate of drug-likeness (QED) is 0.0343. The minimum Gasteiger partial charge on any atom is -0.481 e. The van der Waals surface area contributed by atoms with E-state index in [0.717, 1.165) is 88.8 Å². The third-order valence-corrected chi connectivity index (χ3v) is 19.0. The van der Waals surface area contributed by atoms with Gasteiger partial charge in [-0.25, -0.2) is 0 Å². The maximum absolute atomic E-state index is 13.0. The highest BCUT2D eigenvalue weighted by Crippen LogP contribution is 2.20. The number of carboxylic acid groups (broad SMARTS) is 1. The van der Waals surface area contributed by atoms with Crippen LogP contribution in [-0.4, -0.2) is 189 Å². The summed E-state index contributed by atoms with van der Waals surface area (Å²) in [7, 11) is 7.98. The van der Waals surface area contributed by atoms with Gasteiger partial charge in [0.05, 0.1) is 37.7 Å². The molecule has 0 rings (SSSR count). The molecule has 21 heteroatoms. The van der Waals surface area contributed by atoms with Gasteiger partial charge in [-0.1, -0.05) is 285 Å². The maximum atomic E-state index is 13.0. The summed E-state index contributed by atoms with van der Waals surface area (Å²) in [4.78, 5) is 89.6. The number of halogens is 3. The molecular formula is C78H149F3N4O12S2. The van der Waals surface area contributed by atoms with E-state index in [1.807, 2.05) is 33.1 Å². The van der Waals surface area contributed by atoms with Gasteiger partial charge in [0.25, 0.3) is 0 Å². The van der Waals surface area contributed by atoms with E-state index in [4.69, 9.17) is 24.1 Å². The highest BCUT2D eigenvalue weighted by atomic mass is 32.2. The lowest BCUT2D eigenvalue weighted by Gasteiger charge is -2.23. The number of carboxylic acids is 1. The van der Waals surface area contributed by atoms with Gasteiger partial charge < -0.3 is 43.7 Å². The Morgan fingerprint density at radius 1 is 0.313 bits per heavy atom. The summed E-state index contributed by atoms with van der Waals surface area (Å²) in [6, 6.07) is 0. The van der Waals surface area contributed by atoms with Crippen molar-refractivity contribution >= 4 is 65.2 Å². The number of ether oxygens (including phenoxy) is 4. The Kier molecular flexibility index (Phi) is 78.0. The molecule has 0 unspecified atom stereocenters. The molecule has 0 aromatic heterocycles. The Bertz CT molecular complexity index is 1770. The Balaban J connectivity index is -0.00000163. The van der Waals surface area contributed by atoms with E-state index in [-0.39, 0.29) is 62.9 Å². The first-order valence-electron chi connectivity index (χ1n) is 39.7. The van der Waals surface area contributed by atoms with Crippen LogP contribution in [0.25, 0.3) is 0 Å². The van der Waals surface area contributed by atoms with Crippen molar-refractivity contribution in [3.8, 4) is 0 Å². The third kappa shape index (κ3) is 80.3. The van der Waals surface area contributed by atoms with E-state index >= 15 is 0 Å². The van der Waals surface area contributed by atoms with Crippen LogP contribution in [0.4, 0.5) is 13.2 Å². The molecule has 0 aliphatic heterocycles. The molecule has 0 heterocycles. The number of carbonyl (C=O) groups excluding carboxylic acids is 6. The molecule has 0 bridgehead atoms. The molecule has 16 nitrogen and oxygen atoms in total. The van der Waals surface area contributed by atoms with Crippen molar-refractivity contribution in [3.05, 3.63) is 0 Å². The van der Waals surface area contributed by atoms with Crippen molar-refractivity contribution in [3.63, 3.8) is 0 Å². The zero-order chi connectivity index (χ0) is 73.9. The predicted molar refractivity (Wildman–Crippen MR) is 407 cm³/mol. The molecule has 0 radical (unpaired) electrons. The van der Waals surface area contributed by atoms with Crippen molar-refractivity contribution in [1.82, 2.24) is 19.6 Å². The van der Waals surface area contributed by atoms with Crippen molar-refractivity contribution in [2.24, 2.45) is 0 Å². The molecule has 0 aromatic carbocycles. The first kappa shape index (κ1) is 99.9. The van der Waals surface area contributed by atoms with Gasteiger partial charge in [0, 0.05) is 50.3 Å². The van der Waals surface area contributed by atoms with Crippen LogP contribution in [0.15, 0.2) is 0 Å². The van der Waals surface area contributed by atoms with Gasteiger partial charge in [0.1, 0.15) is 26.4 Å². The number of esters is 4. The Morgan fingerprint density at radius 2 is 0.525 bits per heavy atom. The van der Waals surface area contributed by atoms with Crippen LogP contribution in [0.3, 0.4) is 0 Å². The third-order valence-electron chi connectivity index (χ3n) is 17.1. The molecule has 0 saturated heterocycles. The van der Waals surface area contributed by atoms with Gasteiger partial charge in [-0.3, -0.25) is 33.6 Å². The summed E-state index contributed by atoms with van der Waals surface area (Å²) in [6.07, 6.45) is 49.0. The van der Waals surface area contributed by atoms with E-state index in [1.165, 1.54) is 217 Å². The smallest absolute Gasteiger partial charge is 0.471 e. The van der Waals surface area contributed by atoms with Crippen molar-refractivity contribution in [2.75, 3.05) is 117 Å². The van der Waals surface area contributed by atoms with Crippen LogP contribution in [-0.2, 0) is 52.5 Å². The van der Waals surface area contributed by atoms with E-state index in [2.05, 4.69) is 32.6 Å². The van der Waals surface area contributed by atoms with Crippen molar-refractivity contribution in [2.45, 2.75) is 342 Å². The number of alkyl halides is 3. The summed E-state index contributed by atoms with van der Waals surface area (Å²) in [5.41, 5.74) is 0. The van der Waals surface area contributed by atoms with Gasteiger partial charge in [-0.2, -0.15) is 24.9 Å². The second-order valence-electron chi connectivity index (χ2n) is 27.3. The maximum Gasteiger partial charge on any atom is 0.471 e. The summed E-state index contributed by atoms with van der Waals surface area (Å²) in [6.45, 7) is 10.3. The number of unbranched alkanes of at least 4 members (excludes halogenated alkanes) is 40. The van der Waals surface area contributed by atoms with Gasteiger partial charge in [-0.15, -0.1) is 11.8 Å². The Morgan fingerprint density at radius 3 is 0.737 bits per heavy atom. The Labute approximate surface area is 611 Å². The monoisotopic (exact) mass is 1460 g/mol. The molecule has 0 aromatic rings. The summed E-state index contributed by atoms with van der Waals surface area (Å²) in [5.74, 6) is -1.77. The highest BCUT2D eigenvalue weighted by Gasteiger charge is 2.42. The number of aliphatic carboxylic acids is 1. The standard InChI is InChI=1S/C38H74N2O5S.C34H62F3NO5.C6H13NO2S/c1-5-7-9-11-13-15-17-19-21-23-25-27-37(42)44-32-29-40(36(41)35-46-34-31-39(3)4)30-33-45-38(43)28-26-24-22-20-18-16-14-12-10-8-6-2;1-3-5-7-9-11-13-15-17-19-21-23-25-31(39)42-29-27-38(33(41)34(35,36)37)28-30-43-32(40)26-24-22-20-18-16-14-12-10-8-6-4-2;1-7(2)3-4-10-5-6(8)9/h5-35H2,1-4H3;3-30H2,1-2H3;3-5H2,1-2H3,(H,8,9). The average Bonchev–Trinajstić information content (AvgIpc) is 0.894. The number of hydrogen-bond donors (Lipinski definition) is 1. The summed E-state index contributed by atoms with van der Waals surface area (Å²) >= 11 is 3.05. The molecule has 0 spiro atoms. The molecule has 586 valence electrons. The molecule has 2 amide bonds. The summed E-state index contributed by atoms with van der Waals surface area (Å²) in [5, 5.41) is 8.24. The topological polar surface area (TPSA) is 190 Å². The van der Waals surface area contributed by atoms with E-state index < -0.39 is 43.1 Å². The lowest BCUT2D eigenvalue weighted by molar-refractivity contribution is -0.187. The number of nitrogens with zero attached hydrogens (tertiary/aromatic N) is 4.